The Morgan fingerprint density at radius 1 is 1.13 bits per heavy atom. The molecule has 2 aliphatic rings. The average Bonchev–Trinajstić information content (AvgIpc) is 3.17. The molecular weight excluding hydrogens is 303 g/mol. The van der Waals surface area contributed by atoms with E-state index in [1.807, 2.05) is 27.7 Å². The third-order valence-corrected chi connectivity index (χ3v) is 4.75. The molecule has 1 aliphatic carbocycles. The van der Waals surface area contributed by atoms with Gasteiger partial charge < -0.3 is 14.6 Å². The van der Waals surface area contributed by atoms with Gasteiger partial charge in [0.2, 0.25) is 0 Å². The average molecular weight is 323 g/mol. The van der Waals surface area contributed by atoms with Crippen LogP contribution in [0.25, 0.3) is 0 Å². The van der Waals surface area contributed by atoms with Gasteiger partial charge in [-0.25, -0.2) is 8.78 Å². The molecule has 1 aromatic carbocycles. The van der Waals surface area contributed by atoms with Gasteiger partial charge in [0, 0.05) is 17.6 Å². The molecule has 23 heavy (non-hydrogen) atoms. The second-order valence-electron chi connectivity index (χ2n) is 7.19. The molecule has 0 unspecified atom stereocenters. The van der Waals surface area contributed by atoms with Crippen LogP contribution in [0.1, 0.15) is 50.9 Å². The van der Waals surface area contributed by atoms with Crippen molar-refractivity contribution in [2.24, 2.45) is 0 Å². The highest BCUT2D eigenvalue weighted by Crippen LogP contribution is 2.36. The zero-order valence-electron chi connectivity index (χ0n) is 13.7. The van der Waals surface area contributed by atoms with Crippen molar-refractivity contribution in [1.82, 2.24) is 5.32 Å². The molecule has 0 bridgehead atoms. The van der Waals surface area contributed by atoms with Crippen molar-refractivity contribution in [1.29, 1.82) is 0 Å². The molecule has 2 fully saturated rings. The lowest BCUT2D eigenvalue weighted by molar-refractivity contribution is 0.00578. The van der Waals surface area contributed by atoms with Gasteiger partial charge >= 0.3 is 7.12 Å². The van der Waals surface area contributed by atoms with Crippen LogP contribution in [-0.2, 0) is 9.31 Å². The predicted molar refractivity (Wildman–Crippen MR) is 82.6 cm³/mol. The van der Waals surface area contributed by atoms with Crippen LogP contribution in [0.3, 0.4) is 0 Å². The standard InChI is InChI=1S/C16H20BF2NO3/c1-15(2)16(3,4)23-17(22-15)11-7-10(12(18)8-13(11)19)14(21)20-9-5-6-9/h7-9H,5-6H2,1-4H3,(H,20,21). The van der Waals surface area contributed by atoms with Crippen LogP contribution in [-0.4, -0.2) is 30.3 Å². The number of carbonyl (C=O) groups is 1. The summed E-state index contributed by atoms with van der Waals surface area (Å²) in [7, 11) is -0.979. The molecule has 1 saturated heterocycles. The number of benzene rings is 1. The number of nitrogens with one attached hydrogen (secondary N) is 1. The minimum Gasteiger partial charge on any atom is -0.399 e. The fraction of sp³-hybridized carbons (Fsp3) is 0.562. The van der Waals surface area contributed by atoms with Crippen molar-refractivity contribution in [2.75, 3.05) is 0 Å². The molecule has 4 nitrogen and oxygen atoms in total. The van der Waals surface area contributed by atoms with Gasteiger partial charge in [-0.3, -0.25) is 4.79 Å². The van der Waals surface area contributed by atoms with Gasteiger partial charge in [0.05, 0.1) is 16.8 Å². The molecule has 1 saturated carbocycles. The topological polar surface area (TPSA) is 47.6 Å². The lowest BCUT2D eigenvalue weighted by Crippen LogP contribution is -2.41. The van der Waals surface area contributed by atoms with Crippen molar-refractivity contribution >= 4 is 18.5 Å². The van der Waals surface area contributed by atoms with Gasteiger partial charge in [0.1, 0.15) is 11.6 Å². The van der Waals surface area contributed by atoms with Crippen molar-refractivity contribution in [3.05, 3.63) is 29.3 Å². The molecule has 1 aliphatic heterocycles. The molecule has 3 rings (SSSR count). The highest BCUT2D eigenvalue weighted by atomic mass is 19.1. The van der Waals surface area contributed by atoms with E-state index in [9.17, 15) is 13.6 Å². The van der Waals surface area contributed by atoms with Crippen LogP contribution < -0.4 is 10.8 Å². The number of carbonyl (C=O) groups excluding carboxylic acids is 1. The van der Waals surface area contributed by atoms with Gasteiger partial charge in [0.25, 0.3) is 5.91 Å². The van der Waals surface area contributed by atoms with Crippen LogP contribution in [0.15, 0.2) is 12.1 Å². The summed E-state index contributed by atoms with van der Waals surface area (Å²) in [5.41, 5.74) is -1.45. The Morgan fingerprint density at radius 3 is 2.22 bits per heavy atom. The summed E-state index contributed by atoms with van der Waals surface area (Å²) < 4.78 is 39.7. The Hall–Kier alpha value is -1.47. The minimum absolute atomic E-state index is 0.0333. The van der Waals surface area contributed by atoms with Gasteiger partial charge in [0.15, 0.2) is 0 Å². The summed E-state index contributed by atoms with van der Waals surface area (Å²) in [5, 5.41) is 2.70. The van der Waals surface area contributed by atoms with Gasteiger partial charge in [-0.05, 0) is 46.6 Å². The smallest absolute Gasteiger partial charge is 0.399 e. The molecule has 1 N–H and O–H groups in total. The number of rotatable bonds is 3. The van der Waals surface area contributed by atoms with E-state index in [2.05, 4.69) is 5.32 Å². The third-order valence-electron chi connectivity index (χ3n) is 4.75. The van der Waals surface area contributed by atoms with E-state index in [-0.39, 0.29) is 17.1 Å². The monoisotopic (exact) mass is 323 g/mol. The third kappa shape index (κ3) is 2.99. The Bertz CT molecular complexity index is 643. The van der Waals surface area contributed by atoms with Crippen molar-refractivity contribution in [2.45, 2.75) is 57.8 Å². The van der Waals surface area contributed by atoms with Crippen LogP contribution in [0.4, 0.5) is 8.78 Å². The zero-order valence-corrected chi connectivity index (χ0v) is 13.7. The van der Waals surface area contributed by atoms with Gasteiger partial charge in [-0.2, -0.15) is 0 Å². The Morgan fingerprint density at radius 2 is 1.70 bits per heavy atom. The molecule has 1 aromatic rings. The first-order chi connectivity index (χ1) is 10.6. The minimum atomic E-state index is -0.979. The summed E-state index contributed by atoms with van der Waals surface area (Å²) >= 11 is 0. The van der Waals surface area contributed by atoms with E-state index in [0.29, 0.717) is 6.07 Å². The summed E-state index contributed by atoms with van der Waals surface area (Å²) in [4.78, 5) is 12.1. The summed E-state index contributed by atoms with van der Waals surface area (Å²) in [6.45, 7) is 7.37. The number of hydrogen-bond donors (Lipinski definition) is 1. The lowest BCUT2D eigenvalue weighted by atomic mass is 9.77. The molecule has 0 radical (unpaired) electrons. The summed E-state index contributed by atoms with van der Waals surface area (Å²) in [6, 6.07) is 1.99. The molecule has 124 valence electrons. The summed E-state index contributed by atoms with van der Waals surface area (Å²) in [6.07, 6.45) is 1.78. The van der Waals surface area contributed by atoms with Crippen LogP contribution in [0.2, 0.25) is 0 Å². The molecule has 1 amide bonds. The fourth-order valence-electron chi connectivity index (χ4n) is 2.38. The molecular formula is C16H20BF2NO3. The Kier molecular flexibility index (Phi) is 3.76. The van der Waals surface area contributed by atoms with E-state index >= 15 is 0 Å². The maximum absolute atomic E-state index is 14.2. The van der Waals surface area contributed by atoms with Crippen LogP contribution >= 0.6 is 0 Å². The molecule has 0 atom stereocenters. The molecule has 0 spiro atoms. The normalized spacial score (nSPS) is 22.3. The first-order valence-corrected chi connectivity index (χ1v) is 7.76. The van der Waals surface area contributed by atoms with Crippen molar-refractivity contribution in [3.63, 3.8) is 0 Å². The highest BCUT2D eigenvalue weighted by Gasteiger charge is 2.52. The zero-order chi connectivity index (χ0) is 17.0. The number of amides is 1. The molecule has 0 aromatic heterocycles. The second-order valence-corrected chi connectivity index (χ2v) is 7.19. The Balaban J connectivity index is 1.92. The molecule has 1 heterocycles. The SMILES string of the molecule is CC1(C)OB(c2cc(C(=O)NC3CC3)c(F)cc2F)OC1(C)C. The van der Waals surface area contributed by atoms with E-state index in [0.717, 1.165) is 12.8 Å². The van der Waals surface area contributed by atoms with Crippen LogP contribution in [0, 0.1) is 11.6 Å². The van der Waals surface area contributed by atoms with Gasteiger partial charge in [-0.15, -0.1) is 0 Å². The first-order valence-electron chi connectivity index (χ1n) is 7.76. The van der Waals surface area contributed by atoms with E-state index < -0.39 is 35.9 Å². The highest BCUT2D eigenvalue weighted by molar-refractivity contribution is 6.62. The second kappa shape index (κ2) is 5.28. The quantitative estimate of drug-likeness (QED) is 0.867. The fourth-order valence-corrected chi connectivity index (χ4v) is 2.38. The summed E-state index contributed by atoms with van der Waals surface area (Å²) in [5.74, 6) is -2.22. The molecule has 7 heteroatoms. The van der Waals surface area contributed by atoms with E-state index in [1.54, 1.807) is 0 Å². The first kappa shape index (κ1) is 16.4. The largest absolute Gasteiger partial charge is 0.497 e. The van der Waals surface area contributed by atoms with Crippen molar-refractivity contribution < 1.29 is 22.9 Å². The van der Waals surface area contributed by atoms with Crippen molar-refractivity contribution in [3.8, 4) is 0 Å². The number of halogens is 2. The maximum atomic E-state index is 14.2. The lowest BCUT2D eigenvalue weighted by Gasteiger charge is -2.32. The van der Waals surface area contributed by atoms with E-state index in [1.165, 1.54) is 6.07 Å². The predicted octanol–water partition coefficient (Wildman–Crippen LogP) is 2.16. The van der Waals surface area contributed by atoms with Crippen LogP contribution in [0.5, 0.6) is 0 Å². The maximum Gasteiger partial charge on any atom is 0.497 e. The number of hydrogen-bond acceptors (Lipinski definition) is 3. The Labute approximate surface area is 134 Å². The van der Waals surface area contributed by atoms with Gasteiger partial charge in [-0.1, -0.05) is 0 Å². The van der Waals surface area contributed by atoms with E-state index in [4.69, 9.17) is 9.31 Å².